The van der Waals surface area contributed by atoms with Crippen molar-refractivity contribution in [2.24, 2.45) is 5.92 Å². The molecule has 0 aromatic rings. The zero-order chi connectivity index (χ0) is 10.4. The van der Waals surface area contributed by atoms with Gasteiger partial charge in [0.15, 0.2) is 0 Å². The van der Waals surface area contributed by atoms with Crippen molar-refractivity contribution in [3.63, 3.8) is 0 Å². The number of amides is 2. The molecule has 4 heteroatoms. The molecule has 0 saturated heterocycles. The number of nitrogens with one attached hydrogen (secondary N) is 2. The van der Waals surface area contributed by atoms with Crippen molar-refractivity contribution in [1.82, 2.24) is 10.6 Å². The molecule has 0 bridgehead atoms. The Kier molecular flexibility index (Phi) is 4.73. The van der Waals surface area contributed by atoms with Crippen molar-refractivity contribution in [2.75, 3.05) is 13.2 Å². The fourth-order valence-electron chi connectivity index (χ4n) is 1.77. The van der Waals surface area contributed by atoms with Crippen LogP contribution in [-0.4, -0.2) is 30.3 Å². The molecule has 0 radical (unpaired) electrons. The van der Waals surface area contributed by atoms with Crippen LogP contribution in [0.2, 0.25) is 0 Å². The fraction of sp³-hybridized carbons (Fsp3) is 0.900. The molecule has 0 spiro atoms. The molecule has 1 aliphatic rings. The van der Waals surface area contributed by atoms with Crippen LogP contribution in [0.5, 0.6) is 0 Å². The second kappa shape index (κ2) is 5.86. The summed E-state index contributed by atoms with van der Waals surface area (Å²) < 4.78 is 0. The van der Waals surface area contributed by atoms with Gasteiger partial charge in [0, 0.05) is 6.54 Å². The lowest BCUT2D eigenvalue weighted by Crippen LogP contribution is -2.43. The summed E-state index contributed by atoms with van der Waals surface area (Å²) in [6, 6.07) is -0.336. The van der Waals surface area contributed by atoms with Gasteiger partial charge in [-0.15, -0.1) is 0 Å². The van der Waals surface area contributed by atoms with Gasteiger partial charge in [-0.3, -0.25) is 0 Å². The van der Waals surface area contributed by atoms with Crippen LogP contribution in [0.15, 0.2) is 0 Å². The normalized spacial score (nSPS) is 19.3. The second-order valence-electron chi connectivity index (χ2n) is 4.09. The van der Waals surface area contributed by atoms with Crippen molar-refractivity contribution in [2.45, 2.75) is 38.6 Å². The van der Waals surface area contributed by atoms with Crippen molar-refractivity contribution in [1.29, 1.82) is 0 Å². The molecule has 14 heavy (non-hydrogen) atoms. The molecule has 4 nitrogen and oxygen atoms in total. The maximum absolute atomic E-state index is 11.2. The predicted octanol–water partition coefficient (Wildman–Crippen LogP) is 0.857. The Morgan fingerprint density at radius 2 is 2.14 bits per heavy atom. The molecule has 3 N–H and O–H groups in total. The minimum Gasteiger partial charge on any atom is -0.394 e. The van der Waals surface area contributed by atoms with E-state index in [1.807, 2.05) is 0 Å². The fourth-order valence-corrected chi connectivity index (χ4v) is 1.77. The van der Waals surface area contributed by atoms with Gasteiger partial charge >= 0.3 is 6.03 Å². The highest BCUT2D eigenvalue weighted by Crippen LogP contribution is 2.23. The van der Waals surface area contributed by atoms with Crippen LogP contribution in [0.4, 0.5) is 4.79 Å². The summed E-state index contributed by atoms with van der Waals surface area (Å²) in [5.41, 5.74) is 0. The van der Waals surface area contributed by atoms with E-state index in [1.54, 1.807) is 6.92 Å². The van der Waals surface area contributed by atoms with Crippen molar-refractivity contribution in [3.05, 3.63) is 0 Å². The maximum Gasteiger partial charge on any atom is 0.315 e. The highest BCUT2D eigenvalue weighted by molar-refractivity contribution is 5.74. The average molecular weight is 200 g/mol. The molecule has 1 atom stereocenters. The van der Waals surface area contributed by atoms with E-state index in [-0.39, 0.29) is 18.7 Å². The van der Waals surface area contributed by atoms with Gasteiger partial charge in [0.2, 0.25) is 0 Å². The van der Waals surface area contributed by atoms with Gasteiger partial charge in [-0.1, -0.05) is 12.8 Å². The lowest BCUT2D eigenvalue weighted by atomic mass is 10.1. The first-order chi connectivity index (χ1) is 6.72. The Morgan fingerprint density at radius 3 is 2.71 bits per heavy atom. The van der Waals surface area contributed by atoms with Crippen molar-refractivity contribution < 1.29 is 9.90 Å². The maximum atomic E-state index is 11.2. The number of aliphatic hydroxyl groups is 1. The summed E-state index contributed by atoms with van der Waals surface area (Å²) in [6.07, 6.45) is 5.05. The predicted molar refractivity (Wildman–Crippen MR) is 55.0 cm³/mol. The number of hydrogen-bond acceptors (Lipinski definition) is 2. The van der Waals surface area contributed by atoms with E-state index in [4.69, 9.17) is 5.11 Å². The Morgan fingerprint density at radius 1 is 1.50 bits per heavy atom. The summed E-state index contributed by atoms with van der Waals surface area (Å²) in [7, 11) is 0. The number of rotatable bonds is 4. The summed E-state index contributed by atoms with van der Waals surface area (Å²) in [4.78, 5) is 11.2. The van der Waals surface area contributed by atoms with Crippen molar-refractivity contribution in [3.8, 4) is 0 Å². The van der Waals surface area contributed by atoms with E-state index in [9.17, 15) is 4.79 Å². The van der Waals surface area contributed by atoms with E-state index in [0.717, 1.165) is 6.54 Å². The van der Waals surface area contributed by atoms with Gasteiger partial charge in [-0.05, 0) is 25.7 Å². The topological polar surface area (TPSA) is 61.4 Å². The molecule has 1 rings (SSSR count). The van der Waals surface area contributed by atoms with E-state index in [2.05, 4.69) is 10.6 Å². The number of carbonyl (C=O) groups is 1. The van der Waals surface area contributed by atoms with E-state index < -0.39 is 0 Å². The van der Waals surface area contributed by atoms with Gasteiger partial charge in [0.1, 0.15) is 0 Å². The third-order valence-corrected chi connectivity index (χ3v) is 2.68. The largest absolute Gasteiger partial charge is 0.394 e. The van der Waals surface area contributed by atoms with Crippen LogP contribution in [0.3, 0.4) is 0 Å². The van der Waals surface area contributed by atoms with E-state index >= 15 is 0 Å². The Labute approximate surface area is 85.1 Å². The summed E-state index contributed by atoms with van der Waals surface area (Å²) >= 11 is 0. The van der Waals surface area contributed by atoms with Gasteiger partial charge in [-0.25, -0.2) is 4.79 Å². The van der Waals surface area contributed by atoms with Crippen LogP contribution in [0.25, 0.3) is 0 Å². The van der Waals surface area contributed by atoms with Gasteiger partial charge in [-0.2, -0.15) is 0 Å². The minimum atomic E-state index is -0.168. The van der Waals surface area contributed by atoms with Gasteiger partial charge in [0.25, 0.3) is 0 Å². The van der Waals surface area contributed by atoms with Crippen LogP contribution in [0.1, 0.15) is 32.6 Å². The van der Waals surface area contributed by atoms with E-state index in [1.165, 1.54) is 25.7 Å². The van der Waals surface area contributed by atoms with Crippen LogP contribution >= 0.6 is 0 Å². The monoisotopic (exact) mass is 200 g/mol. The third kappa shape index (κ3) is 3.96. The molecule has 82 valence electrons. The SMILES string of the molecule is CC(CO)NC(=O)NCC1CCCC1. The summed E-state index contributed by atoms with van der Waals surface area (Å²) in [6.45, 7) is 2.52. The zero-order valence-corrected chi connectivity index (χ0v) is 8.75. The molecule has 0 aromatic heterocycles. The van der Waals surface area contributed by atoms with Crippen LogP contribution < -0.4 is 10.6 Å². The average Bonchev–Trinajstić information content (AvgIpc) is 2.67. The number of hydrogen-bond donors (Lipinski definition) is 3. The zero-order valence-electron chi connectivity index (χ0n) is 8.75. The third-order valence-electron chi connectivity index (χ3n) is 2.68. The highest BCUT2D eigenvalue weighted by atomic mass is 16.3. The standard InChI is InChI=1S/C10H20N2O2/c1-8(7-13)12-10(14)11-6-9-4-2-3-5-9/h8-9,13H,2-7H2,1H3,(H2,11,12,14). The second-order valence-corrected chi connectivity index (χ2v) is 4.09. The molecule has 1 aliphatic carbocycles. The molecule has 0 heterocycles. The van der Waals surface area contributed by atoms with Crippen LogP contribution in [0, 0.1) is 5.92 Å². The lowest BCUT2D eigenvalue weighted by Gasteiger charge is -2.14. The van der Waals surface area contributed by atoms with Gasteiger partial charge < -0.3 is 15.7 Å². The molecule has 0 aliphatic heterocycles. The molecule has 1 fully saturated rings. The molecule has 0 aromatic carbocycles. The first-order valence-corrected chi connectivity index (χ1v) is 5.37. The quantitative estimate of drug-likeness (QED) is 0.630. The number of carbonyl (C=O) groups excluding carboxylic acids is 1. The van der Waals surface area contributed by atoms with Crippen molar-refractivity contribution >= 4 is 6.03 Å². The van der Waals surface area contributed by atoms with E-state index in [0.29, 0.717) is 5.92 Å². The number of aliphatic hydroxyl groups excluding tert-OH is 1. The van der Waals surface area contributed by atoms with Gasteiger partial charge in [0.05, 0.1) is 12.6 Å². The highest BCUT2D eigenvalue weighted by Gasteiger charge is 2.15. The first-order valence-electron chi connectivity index (χ1n) is 5.37. The summed E-state index contributed by atoms with van der Waals surface area (Å²) in [5, 5.41) is 14.2. The Hall–Kier alpha value is -0.770. The minimum absolute atomic E-state index is 0.0170. The molecule has 1 saturated carbocycles. The Bertz CT molecular complexity index is 179. The molecular formula is C10H20N2O2. The first kappa shape index (κ1) is 11.3. The lowest BCUT2D eigenvalue weighted by molar-refractivity contribution is 0.219. The Balaban J connectivity index is 2.08. The summed E-state index contributed by atoms with van der Waals surface area (Å²) in [5.74, 6) is 0.658. The molecule has 2 amide bonds. The number of urea groups is 1. The smallest absolute Gasteiger partial charge is 0.315 e. The van der Waals surface area contributed by atoms with Crippen LogP contribution in [-0.2, 0) is 0 Å². The molecule has 1 unspecified atom stereocenters. The molecular weight excluding hydrogens is 180 g/mol.